The number of nitrogens with zero attached hydrogens (tertiary/aromatic N) is 3. The molecule has 1 heterocycles. The Kier molecular flexibility index (Phi) is 8.98. The number of likely N-dealkylation sites (tertiary alicyclic amines) is 1. The van der Waals surface area contributed by atoms with Crippen LogP contribution in [0.15, 0.2) is 88.9 Å². The summed E-state index contributed by atoms with van der Waals surface area (Å²) in [6.07, 6.45) is 1.47. The van der Waals surface area contributed by atoms with Crippen LogP contribution in [-0.4, -0.2) is 58.8 Å². The lowest BCUT2D eigenvalue weighted by atomic mass is 10.1. The van der Waals surface area contributed by atoms with E-state index in [1.54, 1.807) is 30.3 Å². The molecular weight excluding hydrogens is 504 g/mol. The predicted octanol–water partition coefficient (Wildman–Crippen LogP) is 3.67. The Labute approximate surface area is 223 Å². The Morgan fingerprint density at radius 2 is 1.55 bits per heavy atom. The topological polar surface area (TPSA) is 101 Å². The summed E-state index contributed by atoms with van der Waals surface area (Å²) in [4.78, 5) is 15.2. The third kappa shape index (κ3) is 6.70. The summed E-state index contributed by atoms with van der Waals surface area (Å²) < 4.78 is 38.8. The molecule has 9 nitrogen and oxygen atoms in total. The molecule has 3 aromatic carbocycles. The molecule has 0 unspecified atom stereocenters. The van der Waals surface area contributed by atoms with E-state index in [0.29, 0.717) is 11.4 Å². The maximum absolute atomic E-state index is 13.6. The van der Waals surface area contributed by atoms with Gasteiger partial charge in [-0.05, 0) is 29.8 Å². The van der Waals surface area contributed by atoms with Crippen LogP contribution in [0.25, 0.3) is 0 Å². The molecule has 3 aromatic rings. The molecule has 1 aliphatic heterocycles. The zero-order valence-corrected chi connectivity index (χ0v) is 22.4. The number of nitrogens with one attached hydrogen (secondary N) is 1. The summed E-state index contributed by atoms with van der Waals surface area (Å²) in [5.41, 5.74) is 5.07. The van der Waals surface area contributed by atoms with Gasteiger partial charge in [-0.3, -0.25) is 14.0 Å². The van der Waals surface area contributed by atoms with Crippen LogP contribution >= 0.6 is 0 Å². The molecule has 0 aromatic heterocycles. The van der Waals surface area contributed by atoms with Crippen LogP contribution in [-0.2, 0) is 21.4 Å². The number of methoxy groups -OCH3 is 2. The smallest absolute Gasteiger partial charge is 0.264 e. The summed E-state index contributed by atoms with van der Waals surface area (Å²) in [6, 6.07) is 23.1. The molecule has 4 rings (SSSR count). The van der Waals surface area contributed by atoms with Gasteiger partial charge in [0.2, 0.25) is 0 Å². The normalized spacial score (nSPS) is 14.0. The SMILES string of the molecule is COc1ccc(S(=O)(=O)N(CC(=O)NN=C2CCN(Cc3ccccc3)CC2)c2ccccc2)cc1OC. The molecule has 1 amide bonds. The fourth-order valence-corrected chi connectivity index (χ4v) is 5.68. The summed E-state index contributed by atoms with van der Waals surface area (Å²) >= 11 is 0. The minimum atomic E-state index is -4.11. The van der Waals surface area contributed by atoms with E-state index in [-0.39, 0.29) is 10.6 Å². The lowest BCUT2D eigenvalue weighted by molar-refractivity contribution is -0.119. The van der Waals surface area contributed by atoms with E-state index in [0.717, 1.165) is 42.5 Å². The molecule has 0 radical (unpaired) electrons. The number of ether oxygens (including phenoxy) is 2. The van der Waals surface area contributed by atoms with Gasteiger partial charge in [-0.2, -0.15) is 5.10 Å². The summed E-state index contributed by atoms with van der Waals surface area (Å²) in [5, 5.41) is 4.31. The highest BCUT2D eigenvalue weighted by atomic mass is 32.2. The number of hydrogen-bond donors (Lipinski definition) is 1. The molecular formula is C28H32N4O5S. The molecule has 1 saturated heterocycles. The number of rotatable bonds is 10. The number of hydrazone groups is 1. The van der Waals surface area contributed by atoms with Crippen LogP contribution in [0.2, 0.25) is 0 Å². The molecule has 38 heavy (non-hydrogen) atoms. The fraction of sp³-hybridized carbons (Fsp3) is 0.286. The van der Waals surface area contributed by atoms with Gasteiger partial charge in [0, 0.05) is 44.3 Å². The monoisotopic (exact) mass is 536 g/mol. The van der Waals surface area contributed by atoms with Crippen molar-refractivity contribution in [1.29, 1.82) is 0 Å². The first-order chi connectivity index (χ1) is 18.4. The Morgan fingerprint density at radius 3 is 2.18 bits per heavy atom. The van der Waals surface area contributed by atoms with Crippen molar-refractivity contribution < 1.29 is 22.7 Å². The van der Waals surface area contributed by atoms with E-state index in [4.69, 9.17) is 9.47 Å². The first-order valence-corrected chi connectivity index (χ1v) is 13.7. The van der Waals surface area contributed by atoms with Crippen LogP contribution in [0.4, 0.5) is 5.69 Å². The van der Waals surface area contributed by atoms with Crippen molar-refractivity contribution in [2.24, 2.45) is 5.10 Å². The number of piperidine rings is 1. The highest BCUT2D eigenvalue weighted by molar-refractivity contribution is 7.92. The van der Waals surface area contributed by atoms with E-state index < -0.39 is 22.5 Å². The molecule has 0 saturated carbocycles. The maximum atomic E-state index is 13.6. The largest absolute Gasteiger partial charge is 0.493 e. The number of para-hydroxylation sites is 1. The van der Waals surface area contributed by atoms with Gasteiger partial charge in [0.05, 0.1) is 24.8 Å². The van der Waals surface area contributed by atoms with Gasteiger partial charge < -0.3 is 9.47 Å². The Bertz CT molecular complexity index is 1350. The van der Waals surface area contributed by atoms with Crippen molar-refractivity contribution in [1.82, 2.24) is 10.3 Å². The molecule has 10 heteroatoms. The van der Waals surface area contributed by atoms with E-state index in [2.05, 4.69) is 27.6 Å². The van der Waals surface area contributed by atoms with E-state index in [1.165, 1.54) is 38.0 Å². The van der Waals surface area contributed by atoms with Crippen LogP contribution in [0, 0.1) is 0 Å². The van der Waals surface area contributed by atoms with Crippen LogP contribution in [0.3, 0.4) is 0 Å². The molecule has 0 aliphatic carbocycles. The maximum Gasteiger partial charge on any atom is 0.264 e. The Hall–Kier alpha value is -3.89. The summed E-state index contributed by atoms with van der Waals surface area (Å²) in [5.74, 6) is 0.147. The van der Waals surface area contributed by atoms with Crippen LogP contribution in [0.1, 0.15) is 18.4 Å². The predicted molar refractivity (Wildman–Crippen MR) is 147 cm³/mol. The Morgan fingerprint density at radius 1 is 0.921 bits per heavy atom. The van der Waals surface area contributed by atoms with E-state index in [9.17, 15) is 13.2 Å². The van der Waals surface area contributed by atoms with Gasteiger partial charge in [-0.25, -0.2) is 13.8 Å². The molecule has 1 N–H and O–H groups in total. The number of carbonyl (C=O) groups excluding carboxylic acids is 1. The third-order valence-corrected chi connectivity index (χ3v) is 8.07. The molecule has 0 spiro atoms. The van der Waals surface area contributed by atoms with Crippen molar-refractivity contribution >= 4 is 27.3 Å². The van der Waals surface area contributed by atoms with Gasteiger partial charge in [-0.15, -0.1) is 0 Å². The lowest BCUT2D eigenvalue weighted by Gasteiger charge is -2.27. The average Bonchev–Trinajstić information content (AvgIpc) is 2.96. The number of amides is 1. The molecule has 200 valence electrons. The van der Waals surface area contributed by atoms with Crippen molar-refractivity contribution in [3.8, 4) is 11.5 Å². The zero-order chi connectivity index (χ0) is 27.0. The minimum Gasteiger partial charge on any atom is -0.493 e. The first-order valence-electron chi connectivity index (χ1n) is 12.3. The first kappa shape index (κ1) is 27.2. The van der Waals surface area contributed by atoms with Gasteiger partial charge in [0.1, 0.15) is 6.54 Å². The van der Waals surface area contributed by atoms with Crippen LogP contribution < -0.4 is 19.2 Å². The second kappa shape index (κ2) is 12.6. The minimum absolute atomic E-state index is 0.0242. The molecule has 0 atom stereocenters. The second-order valence-corrected chi connectivity index (χ2v) is 10.7. The van der Waals surface area contributed by atoms with E-state index in [1.807, 2.05) is 18.2 Å². The second-order valence-electron chi connectivity index (χ2n) is 8.84. The van der Waals surface area contributed by atoms with Crippen LogP contribution in [0.5, 0.6) is 11.5 Å². The van der Waals surface area contributed by atoms with Crippen molar-refractivity contribution in [3.05, 3.63) is 84.4 Å². The summed E-state index contributed by atoms with van der Waals surface area (Å²) in [7, 11) is -1.20. The molecule has 1 fully saturated rings. The van der Waals surface area contributed by atoms with Gasteiger partial charge in [-0.1, -0.05) is 48.5 Å². The zero-order valence-electron chi connectivity index (χ0n) is 21.5. The number of anilines is 1. The van der Waals surface area contributed by atoms with Crippen molar-refractivity contribution in [2.45, 2.75) is 24.3 Å². The third-order valence-electron chi connectivity index (χ3n) is 6.30. The number of sulfonamides is 1. The average molecular weight is 537 g/mol. The van der Waals surface area contributed by atoms with Crippen molar-refractivity contribution in [3.63, 3.8) is 0 Å². The number of carbonyl (C=O) groups is 1. The lowest BCUT2D eigenvalue weighted by Crippen LogP contribution is -2.40. The molecule has 0 bridgehead atoms. The summed E-state index contributed by atoms with van der Waals surface area (Å²) in [6.45, 7) is 2.12. The number of hydrogen-bond acceptors (Lipinski definition) is 7. The molecule has 1 aliphatic rings. The Balaban J connectivity index is 1.44. The fourth-order valence-electron chi connectivity index (χ4n) is 4.24. The van der Waals surface area contributed by atoms with Crippen molar-refractivity contribution in [2.75, 3.05) is 38.2 Å². The van der Waals surface area contributed by atoms with E-state index >= 15 is 0 Å². The quantitative estimate of drug-likeness (QED) is 0.397. The van der Waals surface area contributed by atoms with Gasteiger partial charge in [0.25, 0.3) is 15.9 Å². The number of benzene rings is 3. The van der Waals surface area contributed by atoms with Gasteiger partial charge >= 0.3 is 0 Å². The highest BCUT2D eigenvalue weighted by Crippen LogP contribution is 2.32. The highest BCUT2D eigenvalue weighted by Gasteiger charge is 2.28. The standard InChI is InChI=1S/C28H32N4O5S/c1-36-26-14-13-25(19-27(26)37-2)38(34,35)32(24-11-7-4-8-12-24)21-28(33)30-29-23-15-17-31(18-16-23)20-22-9-5-3-6-10-22/h3-14,19H,15-18,20-21H2,1-2H3,(H,30,33). The van der Waals surface area contributed by atoms with Gasteiger partial charge in [0.15, 0.2) is 11.5 Å².